The van der Waals surface area contributed by atoms with Crippen molar-refractivity contribution in [2.24, 2.45) is 0 Å². The second-order valence-electron chi connectivity index (χ2n) is 4.54. The summed E-state index contributed by atoms with van der Waals surface area (Å²) in [6.45, 7) is 0.761. The number of nitrogens with zero attached hydrogens (tertiary/aromatic N) is 2. The van der Waals surface area contributed by atoms with Gasteiger partial charge in [-0.3, -0.25) is 10.1 Å². The molecule has 2 aromatic rings. The number of aryl methyl sites for hydroxylation is 1. The molecule has 0 aliphatic heterocycles. The van der Waals surface area contributed by atoms with Crippen molar-refractivity contribution >= 4 is 11.5 Å². The van der Waals surface area contributed by atoms with Gasteiger partial charge in [-0.05, 0) is 36.6 Å². The molecule has 0 saturated heterocycles. The molecule has 0 atom stereocenters. The molecule has 0 spiro atoms. The molecule has 0 aliphatic rings. The van der Waals surface area contributed by atoms with Gasteiger partial charge in [-0.1, -0.05) is 12.1 Å². The van der Waals surface area contributed by atoms with Crippen molar-refractivity contribution in [2.75, 3.05) is 19.0 Å². The Morgan fingerprint density at radius 1 is 1.24 bits per heavy atom. The van der Waals surface area contributed by atoms with E-state index in [2.05, 4.69) is 10.3 Å². The molecular weight excluding hydrogens is 270 g/mol. The minimum Gasteiger partial charge on any atom is -0.497 e. The number of methoxy groups -OCH3 is 1. The van der Waals surface area contributed by atoms with Crippen LogP contribution < -0.4 is 10.1 Å². The third-order valence-corrected chi connectivity index (χ3v) is 3.07. The Bertz CT molecular complexity index is 582. The van der Waals surface area contributed by atoms with Gasteiger partial charge in [-0.15, -0.1) is 0 Å². The van der Waals surface area contributed by atoms with E-state index in [9.17, 15) is 10.1 Å². The number of hydrogen-bond acceptors (Lipinski definition) is 5. The molecule has 1 N–H and O–H groups in total. The summed E-state index contributed by atoms with van der Waals surface area (Å²) < 4.78 is 5.11. The molecule has 0 amide bonds. The Morgan fingerprint density at radius 3 is 2.57 bits per heavy atom. The SMILES string of the molecule is COc1ccc(CCCNc2ccc([N+](=O)[O-])cn2)cc1. The number of hydrogen-bond donors (Lipinski definition) is 1. The highest BCUT2D eigenvalue weighted by Gasteiger charge is 2.04. The molecule has 0 radical (unpaired) electrons. The van der Waals surface area contributed by atoms with Gasteiger partial charge in [0.2, 0.25) is 0 Å². The van der Waals surface area contributed by atoms with Crippen LogP contribution in [0.25, 0.3) is 0 Å². The Labute approximate surface area is 122 Å². The van der Waals surface area contributed by atoms with Crippen LogP contribution in [0.15, 0.2) is 42.6 Å². The van der Waals surface area contributed by atoms with Crippen LogP contribution in [-0.2, 0) is 6.42 Å². The average molecular weight is 287 g/mol. The van der Waals surface area contributed by atoms with Crippen LogP contribution >= 0.6 is 0 Å². The number of anilines is 1. The van der Waals surface area contributed by atoms with Crippen molar-refractivity contribution in [1.29, 1.82) is 0 Å². The highest BCUT2D eigenvalue weighted by atomic mass is 16.6. The summed E-state index contributed by atoms with van der Waals surface area (Å²) in [5.74, 6) is 1.50. The third kappa shape index (κ3) is 4.45. The molecule has 0 fully saturated rings. The normalized spacial score (nSPS) is 10.1. The fourth-order valence-corrected chi connectivity index (χ4v) is 1.90. The van der Waals surface area contributed by atoms with E-state index in [0.717, 1.165) is 25.1 Å². The van der Waals surface area contributed by atoms with Gasteiger partial charge in [0.25, 0.3) is 5.69 Å². The number of rotatable bonds is 7. The largest absolute Gasteiger partial charge is 0.497 e. The summed E-state index contributed by atoms with van der Waals surface area (Å²) in [6.07, 6.45) is 3.15. The zero-order valence-corrected chi connectivity index (χ0v) is 11.8. The van der Waals surface area contributed by atoms with Crippen LogP contribution in [0, 0.1) is 10.1 Å². The second-order valence-corrected chi connectivity index (χ2v) is 4.54. The van der Waals surface area contributed by atoms with Gasteiger partial charge in [0.05, 0.1) is 12.0 Å². The van der Waals surface area contributed by atoms with Crippen molar-refractivity contribution in [3.05, 3.63) is 58.3 Å². The van der Waals surface area contributed by atoms with Gasteiger partial charge in [-0.2, -0.15) is 0 Å². The lowest BCUT2D eigenvalue weighted by Gasteiger charge is -2.06. The number of ether oxygens (including phenoxy) is 1. The molecule has 6 heteroatoms. The number of pyridine rings is 1. The molecule has 1 aromatic heterocycles. The molecule has 1 heterocycles. The lowest BCUT2D eigenvalue weighted by Crippen LogP contribution is -2.04. The molecule has 1 aromatic carbocycles. The highest BCUT2D eigenvalue weighted by molar-refractivity contribution is 5.40. The molecule has 110 valence electrons. The molecule has 0 aliphatic carbocycles. The summed E-state index contributed by atoms with van der Waals surface area (Å²) in [4.78, 5) is 14.1. The fourth-order valence-electron chi connectivity index (χ4n) is 1.90. The first kappa shape index (κ1) is 14.8. The molecule has 21 heavy (non-hydrogen) atoms. The maximum absolute atomic E-state index is 10.5. The molecule has 6 nitrogen and oxygen atoms in total. The van der Waals surface area contributed by atoms with E-state index in [1.54, 1.807) is 13.2 Å². The topological polar surface area (TPSA) is 77.3 Å². The highest BCUT2D eigenvalue weighted by Crippen LogP contribution is 2.14. The summed E-state index contributed by atoms with van der Waals surface area (Å²) >= 11 is 0. The fraction of sp³-hybridized carbons (Fsp3) is 0.267. The molecule has 0 unspecified atom stereocenters. The molecule has 0 saturated carbocycles. The molecule has 2 rings (SSSR count). The maximum Gasteiger partial charge on any atom is 0.287 e. The van der Waals surface area contributed by atoms with Gasteiger partial charge >= 0.3 is 0 Å². The van der Waals surface area contributed by atoms with Crippen molar-refractivity contribution in [1.82, 2.24) is 4.98 Å². The third-order valence-electron chi connectivity index (χ3n) is 3.07. The summed E-state index contributed by atoms with van der Waals surface area (Å²) in [6, 6.07) is 11.0. The molecule has 0 bridgehead atoms. The zero-order chi connectivity index (χ0) is 15.1. The van der Waals surface area contributed by atoms with Crippen molar-refractivity contribution in [2.45, 2.75) is 12.8 Å². The lowest BCUT2D eigenvalue weighted by atomic mass is 10.1. The van der Waals surface area contributed by atoms with Crippen molar-refractivity contribution < 1.29 is 9.66 Å². The van der Waals surface area contributed by atoms with Gasteiger partial charge in [-0.25, -0.2) is 4.98 Å². The first-order chi connectivity index (χ1) is 10.2. The Kier molecular flexibility index (Phi) is 5.09. The smallest absolute Gasteiger partial charge is 0.287 e. The predicted molar refractivity (Wildman–Crippen MR) is 80.7 cm³/mol. The average Bonchev–Trinajstić information content (AvgIpc) is 2.52. The maximum atomic E-state index is 10.5. The van der Waals surface area contributed by atoms with E-state index in [1.165, 1.54) is 17.8 Å². The number of aromatic nitrogens is 1. The summed E-state index contributed by atoms with van der Waals surface area (Å²) in [7, 11) is 1.65. The van der Waals surface area contributed by atoms with E-state index in [0.29, 0.717) is 5.82 Å². The summed E-state index contributed by atoms with van der Waals surface area (Å²) in [5.41, 5.74) is 1.24. The Hall–Kier alpha value is -2.63. The van der Waals surface area contributed by atoms with Crippen LogP contribution in [0.3, 0.4) is 0 Å². The Balaban J connectivity index is 1.74. The second kappa shape index (κ2) is 7.23. The lowest BCUT2D eigenvalue weighted by molar-refractivity contribution is -0.385. The van der Waals surface area contributed by atoms with Crippen LogP contribution in [0.4, 0.5) is 11.5 Å². The van der Waals surface area contributed by atoms with E-state index < -0.39 is 4.92 Å². The quantitative estimate of drug-likeness (QED) is 0.481. The first-order valence-electron chi connectivity index (χ1n) is 6.66. The van der Waals surface area contributed by atoms with Crippen molar-refractivity contribution in [3.8, 4) is 5.75 Å². The van der Waals surface area contributed by atoms with Crippen molar-refractivity contribution in [3.63, 3.8) is 0 Å². The molecular formula is C15H17N3O3. The monoisotopic (exact) mass is 287 g/mol. The number of nitrogens with one attached hydrogen (secondary N) is 1. The van der Waals surface area contributed by atoms with Gasteiger partial charge in [0.15, 0.2) is 0 Å². The van der Waals surface area contributed by atoms with Gasteiger partial charge in [0, 0.05) is 12.6 Å². The van der Waals surface area contributed by atoms with E-state index in [4.69, 9.17) is 4.74 Å². The number of nitro groups is 1. The van der Waals surface area contributed by atoms with Crippen LogP contribution in [0.1, 0.15) is 12.0 Å². The Morgan fingerprint density at radius 2 is 2.00 bits per heavy atom. The van der Waals surface area contributed by atoms with Gasteiger partial charge < -0.3 is 10.1 Å². The van der Waals surface area contributed by atoms with Crippen LogP contribution in [-0.4, -0.2) is 23.6 Å². The minimum atomic E-state index is -0.458. The predicted octanol–water partition coefficient (Wildman–Crippen LogP) is 3.04. The van der Waals surface area contributed by atoms with E-state index >= 15 is 0 Å². The zero-order valence-electron chi connectivity index (χ0n) is 11.8. The summed E-state index contributed by atoms with van der Waals surface area (Å²) in [5, 5.41) is 13.7. The van der Waals surface area contributed by atoms with E-state index in [-0.39, 0.29) is 5.69 Å². The van der Waals surface area contributed by atoms with Crippen LogP contribution in [0.2, 0.25) is 0 Å². The number of benzene rings is 1. The van der Waals surface area contributed by atoms with Gasteiger partial charge in [0.1, 0.15) is 17.8 Å². The minimum absolute atomic E-state index is 0.00113. The first-order valence-corrected chi connectivity index (χ1v) is 6.66. The van der Waals surface area contributed by atoms with Crippen LogP contribution in [0.5, 0.6) is 5.75 Å². The van der Waals surface area contributed by atoms with E-state index in [1.807, 2.05) is 24.3 Å². The standard InChI is InChI=1S/C15H17N3O3/c1-21-14-7-4-12(5-8-14)3-2-10-16-15-9-6-13(11-17-15)18(19)20/h4-9,11H,2-3,10H2,1H3,(H,16,17).